The van der Waals surface area contributed by atoms with Gasteiger partial charge in [-0.05, 0) is 26.2 Å². The van der Waals surface area contributed by atoms with Crippen molar-refractivity contribution < 1.29 is 4.79 Å². The number of thioether (sulfide) groups is 1. The number of aliphatic imine (C=N–C) groups is 1. The van der Waals surface area contributed by atoms with E-state index in [1.54, 1.807) is 11.8 Å². The van der Waals surface area contributed by atoms with Gasteiger partial charge in [-0.3, -0.25) is 9.79 Å². The van der Waals surface area contributed by atoms with Crippen molar-refractivity contribution in [2.75, 3.05) is 26.2 Å². The second-order valence-corrected chi connectivity index (χ2v) is 6.22. The maximum absolute atomic E-state index is 11.8. The average molecular weight is 271 g/mol. The fraction of sp³-hybridized carbons (Fsp3) is 0.846. The number of hydrogen-bond donors (Lipinski definition) is 1. The molecule has 5 heteroatoms. The van der Waals surface area contributed by atoms with E-state index in [0.717, 1.165) is 24.8 Å². The summed E-state index contributed by atoms with van der Waals surface area (Å²) >= 11 is 1.78. The van der Waals surface area contributed by atoms with Crippen molar-refractivity contribution in [2.24, 2.45) is 10.9 Å². The van der Waals surface area contributed by atoms with Crippen LogP contribution >= 0.6 is 11.8 Å². The molecule has 0 bridgehead atoms. The highest BCUT2D eigenvalue weighted by Crippen LogP contribution is 2.25. The molecule has 1 unspecified atom stereocenters. The molecule has 0 spiro atoms. The Labute approximate surface area is 115 Å². The van der Waals surface area contributed by atoms with Crippen LogP contribution in [0.2, 0.25) is 0 Å². The summed E-state index contributed by atoms with van der Waals surface area (Å²) in [5.74, 6) is 0.852. The average Bonchev–Trinajstić information content (AvgIpc) is 2.75. The van der Waals surface area contributed by atoms with E-state index in [4.69, 9.17) is 0 Å². The lowest BCUT2D eigenvalue weighted by atomic mass is 10.1. The number of nitrogens with one attached hydrogen (secondary N) is 1. The van der Waals surface area contributed by atoms with Crippen LogP contribution < -0.4 is 5.32 Å². The van der Waals surface area contributed by atoms with Gasteiger partial charge in [0.15, 0.2) is 5.17 Å². The summed E-state index contributed by atoms with van der Waals surface area (Å²) in [5.41, 5.74) is 0. The van der Waals surface area contributed by atoms with Gasteiger partial charge in [0, 0.05) is 18.3 Å². The zero-order valence-electron chi connectivity index (χ0n) is 11.9. The molecule has 4 nitrogen and oxygen atoms in total. The number of amides is 1. The molecule has 1 rings (SSSR count). The van der Waals surface area contributed by atoms with E-state index < -0.39 is 0 Å². The highest BCUT2D eigenvalue weighted by atomic mass is 32.2. The monoisotopic (exact) mass is 271 g/mol. The van der Waals surface area contributed by atoms with Gasteiger partial charge in [0.2, 0.25) is 5.91 Å². The van der Waals surface area contributed by atoms with Crippen LogP contribution in [0.3, 0.4) is 0 Å². The lowest BCUT2D eigenvalue weighted by Crippen LogP contribution is -2.39. The molecule has 0 aromatic rings. The molecule has 0 aromatic heterocycles. The fourth-order valence-electron chi connectivity index (χ4n) is 2.00. The van der Waals surface area contributed by atoms with Crippen LogP contribution in [0.25, 0.3) is 0 Å². The smallest absolute Gasteiger partial charge is 0.241 e. The van der Waals surface area contributed by atoms with Crippen molar-refractivity contribution in [1.29, 1.82) is 0 Å². The first kappa shape index (κ1) is 15.3. The van der Waals surface area contributed by atoms with Gasteiger partial charge in [-0.2, -0.15) is 0 Å². The topological polar surface area (TPSA) is 44.7 Å². The van der Waals surface area contributed by atoms with Gasteiger partial charge in [0.05, 0.1) is 13.1 Å². The second-order valence-electron chi connectivity index (χ2n) is 4.93. The minimum absolute atomic E-state index is 0.149. The van der Waals surface area contributed by atoms with E-state index in [0.29, 0.717) is 17.7 Å². The Balaban J connectivity index is 2.27. The van der Waals surface area contributed by atoms with Crippen molar-refractivity contribution in [3.8, 4) is 0 Å². The molecule has 0 saturated carbocycles. The van der Waals surface area contributed by atoms with Crippen molar-refractivity contribution >= 4 is 22.8 Å². The van der Waals surface area contributed by atoms with Gasteiger partial charge in [0.1, 0.15) is 0 Å². The molecule has 0 radical (unpaired) electrons. The Morgan fingerprint density at radius 3 is 2.72 bits per heavy atom. The zero-order valence-corrected chi connectivity index (χ0v) is 12.7. The largest absolute Gasteiger partial charge is 0.356 e. The summed E-state index contributed by atoms with van der Waals surface area (Å²) in [7, 11) is 0. The van der Waals surface area contributed by atoms with Crippen LogP contribution in [-0.2, 0) is 4.79 Å². The van der Waals surface area contributed by atoms with E-state index in [2.05, 4.69) is 24.2 Å². The fourth-order valence-corrected chi connectivity index (χ4v) is 3.25. The molecule has 1 aliphatic rings. The number of likely N-dealkylation sites (N-methyl/N-ethyl adjacent to an activating group) is 1. The number of nitrogens with zero attached hydrogens (tertiary/aromatic N) is 2. The van der Waals surface area contributed by atoms with E-state index >= 15 is 0 Å². The molecular formula is C13H25N3OS. The number of carbonyl (C=O) groups is 1. The van der Waals surface area contributed by atoms with Gasteiger partial charge < -0.3 is 10.2 Å². The third kappa shape index (κ3) is 4.88. The Bertz CT molecular complexity index is 301. The number of rotatable bonds is 6. The van der Waals surface area contributed by atoms with Gasteiger partial charge >= 0.3 is 0 Å². The number of carbonyl (C=O) groups excluding carboxylic acids is 1. The van der Waals surface area contributed by atoms with Crippen LogP contribution in [0.5, 0.6) is 0 Å². The molecule has 1 atom stereocenters. The lowest BCUT2D eigenvalue weighted by Gasteiger charge is -2.19. The van der Waals surface area contributed by atoms with Gasteiger partial charge in [-0.1, -0.05) is 25.6 Å². The van der Waals surface area contributed by atoms with Gasteiger partial charge in [-0.25, -0.2) is 0 Å². The summed E-state index contributed by atoms with van der Waals surface area (Å²) < 4.78 is 0. The molecule has 1 amide bonds. The first-order chi connectivity index (χ1) is 8.56. The van der Waals surface area contributed by atoms with Gasteiger partial charge in [0.25, 0.3) is 0 Å². The molecule has 104 valence electrons. The Morgan fingerprint density at radius 1 is 1.50 bits per heavy atom. The van der Waals surface area contributed by atoms with Crippen LogP contribution in [0.15, 0.2) is 4.99 Å². The lowest BCUT2D eigenvalue weighted by molar-refractivity contribution is -0.129. The van der Waals surface area contributed by atoms with Crippen LogP contribution in [0.1, 0.15) is 34.1 Å². The molecule has 0 aliphatic carbocycles. The van der Waals surface area contributed by atoms with Crippen molar-refractivity contribution in [3.63, 3.8) is 0 Å². The summed E-state index contributed by atoms with van der Waals surface area (Å²) in [6.07, 6.45) is 1.18. The maximum Gasteiger partial charge on any atom is 0.241 e. The third-order valence-corrected chi connectivity index (χ3v) is 4.13. The Hall–Kier alpha value is -0.710. The highest BCUT2D eigenvalue weighted by molar-refractivity contribution is 8.14. The molecule has 0 saturated heterocycles. The van der Waals surface area contributed by atoms with Crippen molar-refractivity contribution in [3.05, 3.63) is 0 Å². The Morgan fingerprint density at radius 2 is 2.17 bits per heavy atom. The first-order valence-corrected chi connectivity index (χ1v) is 7.67. The predicted molar refractivity (Wildman–Crippen MR) is 79.1 cm³/mol. The standard InChI is InChI=1S/C13H25N3OS/c1-5-16(6-2)12(17)9-15-13-14-8-11(18-13)7-10(3)4/h10-11H,5-9H2,1-4H3,(H,14,15). The zero-order chi connectivity index (χ0) is 13.5. The van der Waals surface area contributed by atoms with Gasteiger partial charge in [-0.15, -0.1) is 0 Å². The summed E-state index contributed by atoms with van der Waals surface area (Å²) in [5, 5.41) is 4.67. The van der Waals surface area contributed by atoms with E-state index in [1.165, 1.54) is 6.42 Å². The highest BCUT2D eigenvalue weighted by Gasteiger charge is 2.21. The minimum Gasteiger partial charge on any atom is -0.356 e. The van der Waals surface area contributed by atoms with E-state index in [1.807, 2.05) is 18.7 Å². The summed E-state index contributed by atoms with van der Waals surface area (Å²) in [6.45, 7) is 11.3. The molecule has 18 heavy (non-hydrogen) atoms. The van der Waals surface area contributed by atoms with Crippen LogP contribution in [0, 0.1) is 5.92 Å². The van der Waals surface area contributed by atoms with Crippen molar-refractivity contribution in [2.45, 2.75) is 39.4 Å². The quantitative estimate of drug-likeness (QED) is 0.803. The first-order valence-electron chi connectivity index (χ1n) is 6.79. The second kappa shape index (κ2) is 7.67. The predicted octanol–water partition coefficient (Wildman–Crippen LogP) is 1.96. The maximum atomic E-state index is 11.8. The minimum atomic E-state index is 0.149. The normalized spacial score (nSPS) is 18.9. The molecule has 0 fully saturated rings. The molecule has 0 aromatic carbocycles. The molecular weight excluding hydrogens is 246 g/mol. The molecule has 1 heterocycles. The SMILES string of the molecule is CCN(CC)C(=O)CNC1=NCC(CC(C)C)S1. The summed E-state index contributed by atoms with van der Waals surface area (Å²) in [4.78, 5) is 18.1. The summed E-state index contributed by atoms with van der Waals surface area (Å²) in [6, 6.07) is 0. The molecule has 1 aliphatic heterocycles. The van der Waals surface area contributed by atoms with Crippen molar-refractivity contribution in [1.82, 2.24) is 10.2 Å². The van der Waals surface area contributed by atoms with Crippen LogP contribution in [0.4, 0.5) is 0 Å². The number of hydrogen-bond acceptors (Lipinski definition) is 4. The molecule has 1 N–H and O–H groups in total. The van der Waals surface area contributed by atoms with E-state index in [-0.39, 0.29) is 5.91 Å². The third-order valence-electron chi connectivity index (χ3n) is 2.96. The van der Waals surface area contributed by atoms with Crippen LogP contribution in [-0.4, -0.2) is 47.4 Å². The van der Waals surface area contributed by atoms with E-state index in [9.17, 15) is 4.79 Å². The number of amidine groups is 1. The Kier molecular flexibility index (Phi) is 6.54.